The summed E-state index contributed by atoms with van der Waals surface area (Å²) < 4.78 is 6.16. The van der Waals surface area contributed by atoms with Crippen molar-refractivity contribution in [1.82, 2.24) is 15.1 Å². The number of hydrogen-bond acceptors (Lipinski definition) is 6. The number of aryl methyl sites for hydroxylation is 2. The van der Waals surface area contributed by atoms with Crippen molar-refractivity contribution >= 4 is 26.7 Å². The van der Waals surface area contributed by atoms with E-state index in [2.05, 4.69) is 15.1 Å². The topological polar surface area (TPSA) is 77.8 Å². The zero-order valence-corrected chi connectivity index (χ0v) is 10.2. The van der Waals surface area contributed by atoms with Crippen molar-refractivity contribution in [2.75, 3.05) is 5.73 Å². The van der Waals surface area contributed by atoms with Gasteiger partial charge in [0.2, 0.25) is 0 Å². The first-order chi connectivity index (χ1) is 8.15. The van der Waals surface area contributed by atoms with Gasteiger partial charge in [-0.1, -0.05) is 16.5 Å². The van der Waals surface area contributed by atoms with Gasteiger partial charge in [-0.25, -0.2) is 4.98 Å². The second kappa shape index (κ2) is 3.53. The minimum absolute atomic E-state index is 0.553. The van der Waals surface area contributed by atoms with Crippen LogP contribution >= 0.6 is 11.3 Å². The van der Waals surface area contributed by atoms with Crippen LogP contribution < -0.4 is 5.73 Å². The number of anilines is 1. The van der Waals surface area contributed by atoms with E-state index in [4.69, 9.17) is 10.3 Å². The minimum atomic E-state index is 0.553. The molecule has 0 radical (unpaired) electrons. The first-order valence-corrected chi connectivity index (χ1v) is 5.92. The molecular formula is C11H10N4OS. The van der Waals surface area contributed by atoms with E-state index < -0.39 is 0 Å². The van der Waals surface area contributed by atoms with Gasteiger partial charge in [-0.15, -0.1) is 0 Å². The SMILES string of the molecule is Cc1noc(C)c1-c1cc2sc(N)nc2cn1. The second-order valence-corrected chi connectivity index (χ2v) is 4.85. The lowest BCUT2D eigenvalue weighted by Gasteiger charge is -1.98. The van der Waals surface area contributed by atoms with Crippen LogP contribution in [0.1, 0.15) is 11.5 Å². The fourth-order valence-electron chi connectivity index (χ4n) is 1.83. The third kappa shape index (κ3) is 1.57. The Kier molecular flexibility index (Phi) is 2.12. The van der Waals surface area contributed by atoms with Crippen LogP contribution in [0.5, 0.6) is 0 Å². The summed E-state index contributed by atoms with van der Waals surface area (Å²) in [5.41, 5.74) is 9.12. The number of fused-ring (bicyclic) bond motifs is 1. The molecule has 3 aromatic rings. The summed E-state index contributed by atoms with van der Waals surface area (Å²) in [6, 6.07) is 1.97. The lowest BCUT2D eigenvalue weighted by atomic mass is 10.1. The third-order valence-electron chi connectivity index (χ3n) is 2.58. The smallest absolute Gasteiger partial charge is 0.181 e. The quantitative estimate of drug-likeness (QED) is 0.713. The molecule has 0 spiro atoms. The highest BCUT2D eigenvalue weighted by Gasteiger charge is 2.14. The van der Waals surface area contributed by atoms with Gasteiger partial charge in [-0.05, 0) is 19.9 Å². The van der Waals surface area contributed by atoms with Gasteiger partial charge in [0.1, 0.15) is 11.3 Å². The van der Waals surface area contributed by atoms with Crippen LogP contribution in [0.25, 0.3) is 21.5 Å². The van der Waals surface area contributed by atoms with E-state index in [0.29, 0.717) is 5.13 Å². The molecule has 2 N–H and O–H groups in total. The molecule has 0 aliphatic heterocycles. The fraction of sp³-hybridized carbons (Fsp3) is 0.182. The Labute approximate surface area is 101 Å². The highest BCUT2D eigenvalue weighted by Crippen LogP contribution is 2.30. The van der Waals surface area contributed by atoms with Crippen LogP contribution in [0.15, 0.2) is 16.8 Å². The van der Waals surface area contributed by atoms with Crippen molar-refractivity contribution < 1.29 is 4.52 Å². The number of nitrogens with two attached hydrogens (primary N) is 1. The Bertz CT molecular complexity index is 681. The van der Waals surface area contributed by atoms with E-state index in [1.165, 1.54) is 11.3 Å². The van der Waals surface area contributed by atoms with Gasteiger partial charge in [0.05, 0.1) is 27.8 Å². The molecule has 86 valence electrons. The number of pyridine rings is 1. The Morgan fingerprint density at radius 2 is 2.18 bits per heavy atom. The van der Waals surface area contributed by atoms with Crippen molar-refractivity contribution in [3.05, 3.63) is 23.7 Å². The van der Waals surface area contributed by atoms with E-state index in [0.717, 1.165) is 32.9 Å². The Balaban J connectivity index is 2.24. The number of thiazole rings is 1. The van der Waals surface area contributed by atoms with Crippen LogP contribution in [0.2, 0.25) is 0 Å². The van der Waals surface area contributed by atoms with Crippen molar-refractivity contribution in [2.45, 2.75) is 13.8 Å². The fourth-order valence-corrected chi connectivity index (χ4v) is 2.58. The summed E-state index contributed by atoms with van der Waals surface area (Å²) in [4.78, 5) is 8.55. The van der Waals surface area contributed by atoms with Gasteiger partial charge in [-0.2, -0.15) is 0 Å². The van der Waals surface area contributed by atoms with Gasteiger partial charge in [0.15, 0.2) is 5.13 Å². The van der Waals surface area contributed by atoms with Crippen LogP contribution in [-0.2, 0) is 0 Å². The van der Waals surface area contributed by atoms with E-state index in [1.54, 1.807) is 6.20 Å². The summed E-state index contributed by atoms with van der Waals surface area (Å²) in [5.74, 6) is 0.770. The Morgan fingerprint density at radius 1 is 1.35 bits per heavy atom. The molecular weight excluding hydrogens is 236 g/mol. The summed E-state index contributed by atoms with van der Waals surface area (Å²) in [6.07, 6.45) is 1.73. The molecule has 6 heteroatoms. The lowest BCUT2D eigenvalue weighted by Crippen LogP contribution is -1.86. The molecule has 0 saturated carbocycles. The maximum Gasteiger partial charge on any atom is 0.181 e. The predicted octanol–water partition coefficient (Wildman–Crippen LogP) is 2.55. The van der Waals surface area contributed by atoms with Crippen LogP contribution in [-0.4, -0.2) is 15.1 Å². The average Bonchev–Trinajstić information content (AvgIpc) is 2.80. The number of nitrogens with zero attached hydrogens (tertiary/aromatic N) is 3. The molecule has 17 heavy (non-hydrogen) atoms. The summed E-state index contributed by atoms with van der Waals surface area (Å²) >= 11 is 1.45. The van der Waals surface area contributed by atoms with Crippen molar-refractivity contribution in [3.8, 4) is 11.3 Å². The average molecular weight is 246 g/mol. The van der Waals surface area contributed by atoms with Crippen molar-refractivity contribution in [2.24, 2.45) is 0 Å². The monoisotopic (exact) mass is 246 g/mol. The standard InChI is InChI=1S/C11H10N4OS/c1-5-10(6(2)16-15-5)7-3-9-8(4-13-7)14-11(12)17-9/h3-4H,1-2H3,(H2,12,14). The third-order valence-corrected chi connectivity index (χ3v) is 3.43. The first kappa shape index (κ1) is 10.2. The second-order valence-electron chi connectivity index (χ2n) is 3.79. The first-order valence-electron chi connectivity index (χ1n) is 5.10. The van der Waals surface area contributed by atoms with Gasteiger partial charge in [0, 0.05) is 0 Å². The summed E-state index contributed by atoms with van der Waals surface area (Å²) in [7, 11) is 0. The highest BCUT2D eigenvalue weighted by atomic mass is 32.1. The molecule has 0 bridgehead atoms. The van der Waals surface area contributed by atoms with Crippen molar-refractivity contribution in [3.63, 3.8) is 0 Å². The van der Waals surface area contributed by atoms with E-state index in [9.17, 15) is 0 Å². The van der Waals surface area contributed by atoms with Gasteiger partial charge >= 0.3 is 0 Å². The molecule has 0 aliphatic carbocycles. The molecule has 0 atom stereocenters. The molecule has 0 fully saturated rings. The molecule has 3 heterocycles. The number of rotatable bonds is 1. The molecule has 0 aromatic carbocycles. The zero-order chi connectivity index (χ0) is 12.0. The van der Waals surface area contributed by atoms with E-state index >= 15 is 0 Å². The normalized spacial score (nSPS) is 11.2. The zero-order valence-electron chi connectivity index (χ0n) is 9.39. The van der Waals surface area contributed by atoms with E-state index in [1.807, 2.05) is 19.9 Å². The maximum atomic E-state index is 5.67. The van der Waals surface area contributed by atoms with Crippen LogP contribution in [0, 0.1) is 13.8 Å². The van der Waals surface area contributed by atoms with Gasteiger partial charge < -0.3 is 10.3 Å². The van der Waals surface area contributed by atoms with Gasteiger partial charge in [0.25, 0.3) is 0 Å². The molecule has 0 amide bonds. The Hall–Kier alpha value is -1.95. The van der Waals surface area contributed by atoms with Crippen LogP contribution in [0.4, 0.5) is 5.13 Å². The molecule has 3 aromatic heterocycles. The molecule has 0 saturated heterocycles. The lowest BCUT2D eigenvalue weighted by molar-refractivity contribution is 0.393. The minimum Gasteiger partial charge on any atom is -0.375 e. The largest absolute Gasteiger partial charge is 0.375 e. The van der Waals surface area contributed by atoms with E-state index in [-0.39, 0.29) is 0 Å². The maximum absolute atomic E-state index is 5.67. The number of nitrogen functional groups attached to an aromatic ring is 1. The molecule has 5 nitrogen and oxygen atoms in total. The molecule has 3 rings (SSSR count). The number of hydrogen-bond donors (Lipinski definition) is 1. The summed E-state index contributed by atoms with van der Waals surface area (Å²) in [5, 5.41) is 4.48. The van der Waals surface area contributed by atoms with Crippen molar-refractivity contribution in [1.29, 1.82) is 0 Å². The number of aromatic nitrogens is 3. The summed E-state index contributed by atoms with van der Waals surface area (Å²) in [6.45, 7) is 3.78. The highest BCUT2D eigenvalue weighted by molar-refractivity contribution is 7.22. The molecule has 0 aliphatic rings. The molecule has 0 unspecified atom stereocenters. The Morgan fingerprint density at radius 3 is 2.88 bits per heavy atom. The van der Waals surface area contributed by atoms with Crippen LogP contribution in [0.3, 0.4) is 0 Å². The van der Waals surface area contributed by atoms with Gasteiger partial charge in [-0.3, -0.25) is 4.98 Å². The predicted molar refractivity (Wildman–Crippen MR) is 66.8 cm³/mol.